The third kappa shape index (κ3) is 9.04. The molecule has 0 radical (unpaired) electrons. The van der Waals surface area contributed by atoms with Crippen molar-refractivity contribution >= 4 is 11.9 Å². The molecule has 0 saturated carbocycles. The van der Waals surface area contributed by atoms with E-state index in [-0.39, 0.29) is 19.8 Å². The number of benzene rings is 1. The molecule has 0 aliphatic heterocycles. The average molecular weight is 352 g/mol. The van der Waals surface area contributed by atoms with Crippen molar-refractivity contribution in [1.82, 2.24) is 10.7 Å². The van der Waals surface area contributed by atoms with Gasteiger partial charge in [0.05, 0.1) is 26.4 Å². The van der Waals surface area contributed by atoms with Crippen molar-refractivity contribution in [1.29, 1.82) is 0 Å². The van der Waals surface area contributed by atoms with Crippen LogP contribution in [0.4, 0.5) is 4.79 Å². The number of rotatable bonds is 8. The molecule has 0 saturated heterocycles. The normalized spacial score (nSPS) is 13.2. The molecule has 1 atom stereocenters. The maximum Gasteiger partial charge on any atom is 0.408 e. The van der Waals surface area contributed by atoms with E-state index in [2.05, 4.69) is 15.7 Å². The molecule has 25 heavy (non-hydrogen) atoms. The molecular weight excluding hydrogens is 324 g/mol. The lowest BCUT2D eigenvalue weighted by Gasteiger charge is -2.24. The van der Waals surface area contributed by atoms with E-state index < -0.39 is 17.7 Å². The van der Waals surface area contributed by atoms with Crippen LogP contribution in [-0.4, -0.2) is 48.4 Å². The second-order valence-corrected chi connectivity index (χ2v) is 6.33. The Hall–Kier alpha value is -2.16. The zero-order valence-electron chi connectivity index (χ0n) is 15.0. The van der Waals surface area contributed by atoms with Crippen molar-refractivity contribution < 1.29 is 19.4 Å². The highest BCUT2D eigenvalue weighted by atomic mass is 16.6. The van der Waals surface area contributed by atoms with Gasteiger partial charge in [-0.2, -0.15) is 0 Å². The van der Waals surface area contributed by atoms with Crippen LogP contribution in [0, 0.1) is 0 Å². The quantitative estimate of drug-likeness (QED) is 0.239. The predicted molar refractivity (Wildman–Crippen MR) is 96.0 cm³/mol. The van der Waals surface area contributed by atoms with Crippen LogP contribution in [0.3, 0.4) is 0 Å². The number of amidine groups is 1. The maximum absolute atomic E-state index is 12.0. The van der Waals surface area contributed by atoms with Crippen molar-refractivity contribution in [3.05, 3.63) is 35.9 Å². The van der Waals surface area contributed by atoms with Crippen LogP contribution in [0.5, 0.6) is 0 Å². The average Bonchev–Trinajstić information content (AvgIpc) is 2.54. The lowest BCUT2D eigenvalue weighted by molar-refractivity contribution is 0.0466. The predicted octanol–water partition coefficient (Wildman–Crippen LogP) is 0.951. The highest BCUT2D eigenvalue weighted by Gasteiger charge is 2.23. The standard InChI is InChI=1S/C17H28N4O4/c1-17(2,3)25-16(23)20-14(15(21-18)19-9-10-22)12-24-11-13-7-5-4-6-8-13/h4-8,14,22H,9-12,18H2,1-3H3,(H,19,21)(H,20,23). The van der Waals surface area contributed by atoms with Crippen molar-refractivity contribution in [3.63, 3.8) is 0 Å². The molecule has 0 heterocycles. The number of carbonyl (C=O) groups excluding carboxylic acids is 1. The Morgan fingerprint density at radius 1 is 1.32 bits per heavy atom. The summed E-state index contributed by atoms with van der Waals surface area (Å²) >= 11 is 0. The van der Waals surface area contributed by atoms with Gasteiger partial charge >= 0.3 is 6.09 Å². The number of aliphatic hydroxyl groups is 1. The molecule has 1 aromatic rings. The fraction of sp³-hybridized carbons (Fsp3) is 0.529. The van der Waals surface area contributed by atoms with Gasteiger partial charge in [0, 0.05) is 0 Å². The molecule has 0 spiro atoms. The number of carbonyl (C=O) groups is 1. The number of aliphatic hydroxyl groups excluding tert-OH is 1. The molecular formula is C17H28N4O4. The van der Waals surface area contributed by atoms with Crippen molar-refractivity contribution in [3.8, 4) is 0 Å². The van der Waals surface area contributed by atoms with Crippen molar-refractivity contribution in [2.75, 3.05) is 19.8 Å². The molecule has 0 bridgehead atoms. The van der Waals surface area contributed by atoms with Gasteiger partial charge in [-0.05, 0) is 26.3 Å². The van der Waals surface area contributed by atoms with Crippen LogP contribution >= 0.6 is 0 Å². The van der Waals surface area contributed by atoms with Gasteiger partial charge in [-0.1, -0.05) is 30.3 Å². The smallest absolute Gasteiger partial charge is 0.408 e. The Labute approximate surface area is 148 Å². The number of hydrogen-bond donors (Lipinski definition) is 4. The number of ether oxygens (including phenoxy) is 2. The van der Waals surface area contributed by atoms with E-state index in [1.165, 1.54) is 0 Å². The van der Waals surface area contributed by atoms with Gasteiger partial charge in [0.1, 0.15) is 17.5 Å². The Morgan fingerprint density at radius 2 is 2.00 bits per heavy atom. The van der Waals surface area contributed by atoms with Gasteiger partial charge in [0.2, 0.25) is 0 Å². The Balaban J connectivity index is 2.70. The third-order valence-corrected chi connectivity index (χ3v) is 2.95. The maximum atomic E-state index is 12.0. The SMILES string of the molecule is CC(C)(C)OC(=O)NC(COCc1ccccc1)C(=NCCO)NN. The molecule has 5 N–H and O–H groups in total. The first-order valence-electron chi connectivity index (χ1n) is 8.08. The summed E-state index contributed by atoms with van der Waals surface area (Å²) in [6, 6.07) is 9.02. The zero-order valence-corrected chi connectivity index (χ0v) is 15.0. The molecule has 1 rings (SSSR count). The van der Waals surface area contributed by atoms with E-state index in [0.717, 1.165) is 5.56 Å². The Kier molecular flexibility index (Phi) is 8.90. The first-order chi connectivity index (χ1) is 11.9. The van der Waals surface area contributed by atoms with Crippen LogP contribution in [0.25, 0.3) is 0 Å². The molecule has 8 nitrogen and oxygen atoms in total. The molecule has 140 valence electrons. The molecule has 0 aromatic heterocycles. The highest BCUT2D eigenvalue weighted by molar-refractivity contribution is 5.90. The van der Waals surface area contributed by atoms with E-state index in [9.17, 15) is 4.79 Å². The van der Waals surface area contributed by atoms with E-state index >= 15 is 0 Å². The summed E-state index contributed by atoms with van der Waals surface area (Å²) in [5.74, 6) is 5.79. The van der Waals surface area contributed by atoms with Crippen molar-refractivity contribution in [2.45, 2.75) is 39.0 Å². The largest absolute Gasteiger partial charge is 0.444 e. The molecule has 1 aromatic carbocycles. The van der Waals surface area contributed by atoms with Crippen LogP contribution in [0.15, 0.2) is 35.3 Å². The van der Waals surface area contributed by atoms with Crippen LogP contribution in [0.1, 0.15) is 26.3 Å². The topological polar surface area (TPSA) is 118 Å². The number of hydrazine groups is 1. The van der Waals surface area contributed by atoms with E-state index in [4.69, 9.17) is 20.4 Å². The van der Waals surface area contributed by atoms with Crippen LogP contribution in [0.2, 0.25) is 0 Å². The van der Waals surface area contributed by atoms with Crippen LogP contribution in [-0.2, 0) is 16.1 Å². The van der Waals surface area contributed by atoms with Crippen molar-refractivity contribution in [2.24, 2.45) is 10.8 Å². The lowest BCUT2D eigenvalue weighted by atomic mass is 10.2. The summed E-state index contributed by atoms with van der Waals surface area (Å²) in [4.78, 5) is 16.2. The Morgan fingerprint density at radius 3 is 2.56 bits per heavy atom. The summed E-state index contributed by atoms with van der Waals surface area (Å²) in [7, 11) is 0. The monoisotopic (exact) mass is 352 g/mol. The van der Waals surface area contributed by atoms with E-state index in [1.807, 2.05) is 30.3 Å². The molecule has 8 heteroatoms. The first kappa shape index (κ1) is 20.9. The van der Waals surface area contributed by atoms with Crippen LogP contribution < -0.4 is 16.6 Å². The number of hydrogen-bond acceptors (Lipinski definition) is 6. The molecule has 1 unspecified atom stereocenters. The summed E-state index contributed by atoms with van der Waals surface area (Å²) in [5.41, 5.74) is 2.82. The highest BCUT2D eigenvalue weighted by Crippen LogP contribution is 2.07. The number of nitrogens with one attached hydrogen (secondary N) is 2. The summed E-state index contributed by atoms with van der Waals surface area (Å²) in [5, 5.41) is 11.6. The van der Waals surface area contributed by atoms with Gasteiger partial charge in [0.15, 0.2) is 0 Å². The minimum Gasteiger partial charge on any atom is -0.444 e. The zero-order chi connectivity index (χ0) is 18.7. The summed E-state index contributed by atoms with van der Waals surface area (Å²) < 4.78 is 10.9. The fourth-order valence-corrected chi connectivity index (χ4v) is 1.93. The molecule has 1 amide bonds. The van der Waals surface area contributed by atoms with Gasteiger partial charge in [-0.15, -0.1) is 0 Å². The number of nitrogens with two attached hydrogens (primary N) is 1. The fourth-order valence-electron chi connectivity index (χ4n) is 1.93. The van der Waals surface area contributed by atoms with Gasteiger partial charge in [-0.3, -0.25) is 4.99 Å². The van der Waals surface area contributed by atoms with Gasteiger partial charge in [0.25, 0.3) is 0 Å². The third-order valence-electron chi connectivity index (χ3n) is 2.95. The lowest BCUT2D eigenvalue weighted by Crippen LogP contribution is -2.52. The number of amides is 1. The number of alkyl carbamates (subject to hydrolysis) is 1. The van der Waals surface area contributed by atoms with E-state index in [0.29, 0.717) is 12.4 Å². The minimum absolute atomic E-state index is 0.130. The number of nitrogens with zero attached hydrogens (tertiary/aromatic N) is 1. The number of aliphatic imine (C=N–C) groups is 1. The molecule has 0 aliphatic carbocycles. The summed E-state index contributed by atoms with van der Waals surface area (Å²) in [6.45, 7) is 5.87. The first-order valence-corrected chi connectivity index (χ1v) is 8.08. The molecule has 0 aliphatic rings. The molecule has 0 fully saturated rings. The van der Waals surface area contributed by atoms with E-state index in [1.54, 1.807) is 20.8 Å². The van der Waals surface area contributed by atoms with Gasteiger partial charge in [-0.25, -0.2) is 10.6 Å². The Bertz CT molecular complexity index is 543. The second-order valence-electron chi connectivity index (χ2n) is 6.33. The van der Waals surface area contributed by atoms with Gasteiger partial charge < -0.3 is 25.3 Å². The second kappa shape index (κ2) is 10.7. The summed E-state index contributed by atoms with van der Waals surface area (Å²) in [6.07, 6.45) is -0.604. The minimum atomic E-state index is -0.630.